The van der Waals surface area contributed by atoms with Crippen molar-refractivity contribution in [3.8, 4) is 0 Å². The highest BCUT2D eigenvalue weighted by Gasteiger charge is 1.94. The average molecular weight is 149 g/mol. The molecule has 1 nitrogen and oxygen atoms in total. The maximum Gasteiger partial charge on any atom is 0.0412 e. The predicted octanol–water partition coefficient (Wildman–Crippen LogP) is -0.0975. The van der Waals surface area contributed by atoms with Gasteiger partial charge in [0.1, 0.15) is 0 Å². The van der Waals surface area contributed by atoms with Gasteiger partial charge in [0.05, 0.1) is 0 Å². The van der Waals surface area contributed by atoms with Crippen LogP contribution in [0, 0.1) is 0 Å². The Kier molecular flexibility index (Phi) is 1.92. The molecule has 2 N–H and O–H groups in total. The lowest BCUT2D eigenvalue weighted by Gasteiger charge is -2.01. The molecule has 0 amide bonds. The molecule has 2 heteroatoms. The summed E-state index contributed by atoms with van der Waals surface area (Å²) in [6.07, 6.45) is 1.79. The van der Waals surface area contributed by atoms with Gasteiger partial charge in [-0.2, -0.15) is 0 Å². The van der Waals surface area contributed by atoms with Gasteiger partial charge in [0.25, 0.3) is 0 Å². The molecule has 0 heterocycles. The molecular formula is C8H11NSi. The second-order valence-corrected chi connectivity index (χ2v) is 3.36. The third-order valence-corrected chi connectivity index (χ3v) is 2.45. The van der Waals surface area contributed by atoms with Gasteiger partial charge in [0, 0.05) is 15.9 Å². The van der Waals surface area contributed by atoms with E-state index in [1.807, 2.05) is 12.1 Å². The predicted molar refractivity (Wildman–Crippen MR) is 50.5 cm³/mol. The van der Waals surface area contributed by atoms with E-state index in [-0.39, 0.29) is 0 Å². The van der Waals surface area contributed by atoms with Crippen molar-refractivity contribution in [2.75, 3.05) is 5.73 Å². The lowest BCUT2D eigenvalue weighted by molar-refractivity contribution is 1.69. The molecule has 0 bridgehead atoms. The molecule has 52 valence electrons. The lowest BCUT2D eigenvalue weighted by atomic mass is 10.2. The van der Waals surface area contributed by atoms with E-state index >= 15 is 0 Å². The second kappa shape index (κ2) is 2.71. The molecule has 0 saturated heterocycles. The Bertz CT molecular complexity index is 255. The molecule has 1 aromatic rings. The van der Waals surface area contributed by atoms with E-state index in [9.17, 15) is 0 Å². The summed E-state index contributed by atoms with van der Waals surface area (Å²) in [4.78, 5) is 0. The van der Waals surface area contributed by atoms with Gasteiger partial charge in [-0.25, -0.2) is 0 Å². The standard InChI is InChI=1S/C8H11NSi/c1-2-6-4-3-5-7(10)8(6)9/h2-5H,1,9H2,10H3. The third kappa shape index (κ3) is 1.11. The number of hydrogen-bond acceptors (Lipinski definition) is 1. The van der Waals surface area contributed by atoms with E-state index in [0.717, 1.165) is 21.5 Å². The van der Waals surface area contributed by atoms with Crippen molar-refractivity contribution in [1.82, 2.24) is 0 Å². The van der Waals surface area contributed by atoms with Crippen molar-refractivity contribution in [3.63, 3.8) is 0 Å². The first-order valence-corrected chi connectivity index (χ1v) is 4.23. The summed E-state index contributed by atoms with van der Waals surface area (Å²) in [5.41, 5.74) is 7.70. The van der Waals surface area contributed by atoms with E-state index in [4.69, 9.17) is 5.73 Å². The van der Waals surface area contributed by atoms with Gasteiger partial charge in [-0.3, -0.25) is 0 Å². The number of nitrogen functional groups attached to an aromatic ring is 1. The molecule has 0 aliphatic rings. The van der Waals surface area contributed by atoms with Gasteiger partial charge < -0.3 is 5.73 Å². The molecule has 0 aliphatic carbocycles. The summed E-state index contributed by atoms with van der Waals surface area (Å²) in [6.45, 7) is 3.67. The zero-order valence-electron chi connectivity index (χ0n) is 6.09. The van der Waals surface area contributed by atoms with E-state index < -0.39 is 0 Å². The number of anilines is 1. The van der Waals surface area contributed by atoms with Gasteiger partial charge in [-0.1, -0.05) is 30.9 Å². The summed E-state index contributed by atoms with van der Waals surface area (Å²) in [7, 11) is 1.01. The molecule has 0 fully saturated rings. The highest BCUT2D eigenvalue weighted by Crippen LogP contribution is 2.07. The Hall–Kier alpha value is -1.02. The van der Waals surface area contributed by atoms with Gasteiger partial charge in [-0.05, 0) is 10.8 Å². The SMILES string of the molecule is C=Cc1cccc([SiH3])c1N. The highest BCUT2D eigenvalue weighted by molar-refractivity contribution is 6.36. The summed E-state index contributed by atoms with van der Waals surface area (Å²) in [5.74, 6) is 0. The lowest BCUT2D eigenvalue weighted by Crippen LogP contribution is -2.10. The molecule has 10 heavy (non-hydrogen) atoms. The maximum absolute atomic E-state index is 5.76. The number of benzene rings is 1. The summed E-state index contributed by atoms with van der Waals surface area (Å²) in [5, 5.41) is 1.25. The number of hydrogen-bond donors (Lipinski definition) is 1. The van der Waals surface area contributed by atoms with Crippen molar-refractivity contribution in [2.45, 2.75) is 0 Å². The Morgan fingerprint density at radius 2 is 2.20 bits per heavy atom. The van der Waals surface area contributed by atoms with Crippen LogP contribution in [0.3, 0.4) is 0 Å². The monoisotopic (exact) mass is 149 g/mol. The first-order valence-electron chi connectivity index (χ1n) is 3.23. The van der Waals surface area contributed by atoms with Crippen molar-refractivity contribution < 1.29 is 0 Å². The zero-order valence-corrected chi connectivity index (χ0v) is 8.09. The van der Waals surface area contributed by atoms with Crippen LogP contribution >= 0.6 is 0 Å². The molecule has 0 aliphatic heterocycles. The fraction of sp³-hybridized carbons (Fsp3) is 0. The Morgan fingerprint density at radius 3 is 2.70 bits per heavy atom. The normalized spacial score (nSPS) is 9.60. The molecule has 0 saturated carbocycles. The quantitative estimate of drug-likeness (QED) is 0.438. The van der Waals surface area contributed by atoms with Crippen LogP contribution in [0.4, 0.5) is 5.69 Å². The van der Waals surface area contributed by atoms with Crippen LogP contribution < -0.4 is 10.9 Å². The van der Waals surface area contributed by atoms with Crippen LogP contribution in [0.25, 0.3) is 6.08 Å². The molecule has 0 radical (unpaired) electrons. The van der Waals surface area contributed by atoms with E-state index in [1.165, 1.54) is 5.19 Å². The molecule has 0 spiro atoms. The minimum Gasteiger partial charge on any atom is -0.398 e. The van der Waals surface area contributed by atoms with E-state index in [1.54, 1.807) is 6.08 Å². The minimum atomic E-state index is 0.893. The van der Waals surface area contributed by atoms with Gasteiger partial charge in [0.2, 0.25) is 0 Å². The average Bonchev–Trinajstić information content (AvgIpc) is 1.95. The third-order valence-electron chi connectivity index (χ3n) is 1.58. The molecule has 0 atom stereocenters. The van der Waals surface area contributed by atoms with E-state index in [0.29, 0.717) is 0 Å². The Morgan fingerprint density at radius 1 is 1.50 bits per heavy atom. The van der Waals surface area contributed by atoms with Crippen LogP contribution in [-0.2, 0) is 0 Å². The highest BCUT2D eigenvalue weighted by atomic mass is 28.1. The molecule has 1 rings (SSSR count). The summed E-state index contributed by atoms with van der Waals surface area (Å²) < 4.78 is 0. The smallest absolute Gasteiger partial charge is 0.0412 e. The van der Waals surface area contributed by atoms with Gasteiger partial charge >= 0.3 is 0 Å². The summed E-state index contributed by atoms with van der Waals surface area (Å²) >= 11 is 0. The van der Waals surface area contributed by atoms with Crippen LogP contribution in [0.1, 0.15) is 5.56 Å². The first kappa shape index (κ1) is 7.09. The molecular weight excluding hydrogens is 138 g/mol. The number of rotatable bonds is 1. The largest absolute Gasteiger partial charge is 0.398 e. The number of para-hydroxylation sites is 1. The van der Waals surface area contributed by atoms with Gasteiger partial charge in [-0.15, -0.1) is 0 Å². The Labute approximate surface area is 64.0 Å². The molecule has 0 unspecified atom stereocenters. The van der Waals surface area contributed by atoms with Crippen LogP contribution in [-0.4, -0.2) is 10.2 Å². The van der Waals surface area contributed by atoms with Crippen molar-refractivity contribution in [3.05, 3.63) is 30.3 Å². The number of nitrogens with two attached hydrogens (primary N) is 1. The first-order chi connectivity index (χ1) is 4.75. The maximum atomic E-state index is 5.76. The minimum absolute atomic E-state index is 0.893. The van der Waals surface area contributed by atoms with Crippen molar-refractivity contribution in [2.24, 2.45) is 0 Å². The zero-order chi connectivity index (χ0) is 7.56. The van der Waals surface area contributed by atoms with Crippen LogP contribution in [0.15, 0.2) is 24.8 Å². The van der Waals surface area contributed by atoms with Crippen LogP contribution in [0.2, 0.25) is 0 Å². The molecule has 1 aromatic carbocycles. The van der Waals surface area contributed by atoms with Crippen molar-refractivity contribution >= 4 is 27.2 Å². The topological polar surface area (TPSA) is 26.0 Å². The van der Waals surface area contributed by atoms with E-state index in [2.05, 4.69) is 12.6 Å². The molecule has 0 aromatic heterocycles. The van der Waals surface area contributed by atoms with Gasteiger partial charge in [0.15, 0.2) is 0 Å². The Balaban J connectivity index is 3.27. The fourth-order valence-corrected chi connectivity index (χ4v) is 1.36. The fourth-order valence-electron chi connectivity index (χ4n) is 0.881. The van der Waals surface area contributed by atoms with Crippen molar-refractivity contribution in [1.29, 1.82) is 0 Å². The second-order valence-electron chi connectivity index (χ2n) is 2.28. The van der Waals surface area contributed by atoms with Crippen LogP contribution in [0.5, 0.6) is 0 Å². The summed E-state index contributed by atoms with van der Waals surface area (Å²) in [6, 6.07) is 6.04.